The number of phenols is 1. The Morgan fingerprint density at radius 2 is 1.84 bits per heavy atom. The number of ether oxygens (including phenoxy) is 1. The van der Waals surface area contributed by atoms with E-state index < -0.39 is 5.54 Å². The van der Waals surface area contributed by atoms with E-state index in [4.69, 9.17) is 4.74 Å². The number of hydrogen-bond donors (Lipinski definition) is 1. The predicted molar refractivity (Wildman–Crippen MR) is 99.2 cm³/mol. The van der Waals surface area contributed by atoms with Crippen LogP contribution in [0.5, 0.6) is 5.75 Å². The van der Waals surface area contributed by atoms with Gasteiger partial charge in [0.05, 0.1) is 5.54 Å². The maximum absolute atomic E-state index is 11.7. The number of nitrogens with zero attached hydrogens (tertiary/aromatic N) is 1. The molecule has 2 aromatic rings. The fraction of sp³-hybridized carbons (Fsp3) is 0.286. The molecule has 0 bridgehead atoms. The molecule has 2 aromatic carbocycles. The zero-order valence-electron chi connectivity index (χ0n) is 15.0. The number of carbonyl (C=O) groups is 1. The van der Waals surface area contributed by atoms with Crippen LogP contribution in [0.15, 0.2) is 54.3 Å². The first-order valence-corrected chi connectivity index (χ1v) is 8.35. The van der Waals surface area contributed by atoms with Gasteiger partial charge in [0.2, 0.25) is 0 Å². The summed E-state index contributed by atoms with van der Waals surface area (Å²) in [5.74, 6) is 0.472. The molecular formula is C21H23NO3. The fourth-order valence-corrected chi connectivity index (χ4v) is 3.46. The van der Waals surface area contributed by atoms with Crippen LogP contribution in [0.2, 0.25) is 0 Å². The minimum Gasteiger partial charge on any atom is -0.508 e. The largest absolute Gasteiger partial charge is 0.508 e. The maximum Gasteiger partial charge on any atom is 0.307 e. The van der Waals surface area contributed by atoms with Crippen LogP contribution in [0.1, 0.15) is 38.8 Å². The van der Waals surface area contributed by atoms with Gasteiger partial charge >= 0.3 is 5.97 Å². The summed E-state index contributed by atoms with van der Waals surface area (Å²) in [5.41, 5.74) is 3.42. The molecule has 25 heavy (non-hydrogen) atoms. The van der Waals surface area contributed by atoms with Crippen molar-refractivity contribution >= 4 is 17.2 Å². The van der Waals surface area contributed by atoms with Gasteiger partial charge in [0, 0.05) is 24.7 Å². The molecule has 3 rings (SSSR count). The van der Waals surface area contributed by atoms with Gasteiger partial charge in [0.1, 0.15) is 11.5 Å². The molecule has 0 atom stereocenters. The lowest BCUT2D eigenvalue weighted by molar-refractivity contribution is -0.137. The van der Waals surface area contributed by atoms with E-state index in [2.05, 4.69) is 17.0 Å². The molecule has 1 N–H and O–H groups in total. The number of anilines is 1. The number of phenolic OH excluding ortho intramolecular Hbond substituents is 1. The Hall–Kier alpha value is -2.75. The first-order chi connectivity index (χ1) is 11.8. The van der Waals surface area contributed by atoms with Crippen LogP contribution in [0.25, 0.3) is 5.57 Å². The molecule has 0 saturated heterocycles. The second-order valence-corrected chi connectivity index (χ2v) is 6.88. The minimum absolute atomic E-state index is 0.194. The van der Waals surface area contributed by atoms with E-state index >= 15 is 0 Å². The average molecular weight is 337 g/mol. The lowest BCUT2D eigenvalue weighted by Gasteiger charge is -2.46. The topological polar surface area (TPSA) is 49.8 Å². The summed E-state index contributed by atoms with van der Waals surface area (Å²) in [7, 11) is 0. The average Bonchev–Trinajstić information content (AvgIpc) is 2.57. The molecule has 1 aliphatic heterocycles. The smallest absolute Gasteiger partial charge is 0.307 e. The molecule has 4 heteroatoms. The van der Waals surface area contributed by atoms with Crippen molar-refractivity contribution in [3.05, 3.63) is 65.4 Å². The summed E-state index contributed by atoms with van der Waals surface area (Å²) in [6.45, 7) is 8.11. The van der Waals surface area contributed by atoms with Crippen LogP contribution in [0, 0.1) is 0 Å². The summed E-state index contributed by atoms with van der Waals surface area (Å²) in [5, 5.41) is 9.93. The van der Waals surface area contributed by atoms with Crippen LogP contribution in [-0.4, -0.2) is 16.6 Å². The zero-order chi connectivity index (χ0) is 18.2. The molecule has 1 aliphatic rings. The van der Waals surface area contributed by atoms with Gasteiger partial charge in [-0.05, 0) is 50.1 Å². The van der Waals surface area contributed by atoms with Crippen molar-refractivity contribution < 1.29 is 14.6 Å². The van der Waals surface area contributed by atoms with Crippen molar-refractivity contribution in [2.24, 2.45) is 0 Å². The quantitative estimate of drug-likeness (QED) is 0.839. The number of benzene rings is 2. The normalized spacial score (nSPS) is 15.8. The van der Waals surface area contributed by atoms with Crippen LogP contribution in [0.4, 0.5) is 5.69 Å². The third-order valence-electron chi connectivity index (χ3n) is 4.68. The van der Waals surface area contributed by atoms with Crippen LogP contribution in [-0.2, 0) is 16.1 Å². The fourth-order valence-electron chi connectivity index (χ4n) is 3.46. The summed E-state index contributed by atoms with van der Waals surface area (Å²) >= 11 is 0. The highest BCUT2D eigenvalue weighted by atomic mass is 16.5. The molecule has 0 aromatic heterocycles. The predicted octanol–water partition coefficient (Wildman–Crippen LogP) is 4.49. The van der Waals surface area contributed by atoms with E-state index in [0.717, 1.165) is 22.4 Å². The summed E-state index contributed by atoms with van der Waals surface area (Å²) in [4.78, 5) is 13.9. The van der Waals surface area contributed by atoms with Gasteiger partial charge in [-0.2, -0.15) is 0 Å². The SMILES string of the molecule is CC(=O)OC1=C(C)c2cc(O)ccc2N(Cc2ccccc2)C1(C)C. The molecule has 0 radical (unpaired) electrons. The number of fused-ring (bicyclic) bond motifs is 1. The second kappa shape index (κ2) is 6.28. The van der Waals surface area contributed by atoms with E-state index in [1.165, 1.54) is 6.92 Å². The zero-order valence-corrected chi connectivity index (χ0v) is 15.0. The van der Waals surface area contributed by atoms with E-state index in [1.807, 2.05) is 45.0 Å². The van der Waals surface area contributed by atoms with Crippen molar-refractivity contribution in [3.63, 3.8) is 0 Å². The van der Waals surface area contributed by atoms with Crippen molar-refractivity contribution in [1.29, 1.82) is 0 Å². The monoisotopic (exact) mass is 337 g/mol. The van der Waals surface area contributed by atoms with Crippen LogP contribution >= 0.6 is 0 Å². The number of carbonyl (C=O) groups excluding carboxylic acids is 1. The van der Waals surface area contributed by atoms with E-state index in [0.29, 0.717) is 12.3 Å². The van der Waals surface area contributed by atoms with Crippen molar-refractivity contribution in [2.75, 3.05) is 4.90 Å². The first-order valence-electron chi connectivity index (χ1n) is 8.35. The molecule has 1 heterocycles. The Kier molecular flexibility index (Phi) is 4.29. The van der Waals surface area contributed by atoms with Crippen molar-refractivity contribution in [2.45, 2.75) is 39.8 Å². The van der Waals surface area contributed by atoms with Crippen molar-refractivity contribution in [3.8, 4) is 5.75 Å². The number of hydrogen-bond acceptors (Lipinski definition) is 4. The van der Waals surface area contributed by atoms with Crippen LogP contribution in [0.3, 0.4) is 0 Å². The molecule has 0 unspecified atom stereocenters. The maximum atomic E-state index is 11.7. The van der Waals surface area contributed by atoms with Gasteiger partial charge in [0.15, 0.2) is 0 Å². The number of rotatable bonds is 3. The standard InChI is InChI=1S/C21H23NO3/c1-14-18-12-17(24)10-11-19(18)22(13-16-8-6-5-7-9-16)21(3,4)20(14)25-15(2)23/h5-12,24H,13H2,1-4H3. The highest BCUT2D eigenvalue weighted by Gasteiger charge is 2.40. The van der Waals surface area contributed by atoms with Gasteiger partial charge in [0.25, 0.3) is 0 Å². The van der Waals surface area contributed by atoms with Gasteiger partial charge in [-0.3, -0.25) is 4.79 Å². The number of esters is 1. The molecular weight excluding hydrogens is 314 g/mol. The summed E-state index contributed by atoms with van der Waals surface area (Å²) in [6, 6.07) is 15.5. The minimum atomic E-state index is -0.504. The first kappa shape index (κ1) is 17.1. The Morgan fingerprint density at radius 1 is 1.16 bits per heavy atom. The van der Waals surface area contributed by atoms with Gasteiger partial charge in [-0.15, -0.1) is 0 Å². The second-order valence-electron chi connectivity index (χ2n) is 6.88. The Bertz CT molecular complexity index is 837. The molecule has 0 spiro atoms. The highest BCUT2D eigenvalue weighted by Crippen LogP contribution is 2.45. The third kappa shape index (κ3) is 3.12. The van der Waals surface area contributed by atoms with Gasteiger partial charge in [-0.1, -0.05) is 30.3 Å². The molecule has 0 amide bonds. The molecule has 130 valence electrons. The van der Waals surface area contributed by atoms with E-state index in [9.17, 15) is 9.90 Å². The van der Waals surface area contributed by atoms with Crippen molar-refractivity contribution in [1.82, 2.24) is 0 Å². The third-order valence-corrected chi connectivity index (χ3v) is 4.68. The Balaban J connectivity index is 2.16. The van der Waals surface area contributed by atoms with Crippen LogP contribution < -0.4 is 4.90 Å². The molecule has 0 fully saturated rings. The summed E-state index contributed by atoms with van der Waals surface area (Å²) < 4.78 is 5.60. The lowest BCUT2D eigenvalue weighted by Crippen LogP contribution is -2.49. The van der Waals surface area contributed by atoms with Gasteiger partial charge < -0.3 is 14.7 Å². The highest BCUT2D eigenvalue weighted by molar-refractivity contribution is 5.85. The Morgan fingerprint density at radius 3 is 2.48 bits per heavy atom. The summed E-state index contributed by atoms with van der Waals surface area (Å²) in [6.07, 6.45) is 0. The lowest BCUT2D eigenvalue weighted by atomic mass is 9.86. The van der Waals surface area contributed by atoms with E-state index in [1.54, 1.807) is 12.1 Å². The molecule has 0 saturated carbocycles. The number of allylic oxidation sites excluding steroid dienone is 1. The van der Waals surface area contributed by atoms with Gasteiger partial charge in [-0.25, -0.2) is 0 Å². The Labute approximate surface area is 148 Å². The van der Waals surface area contributed by atoms with E-state index in [-0.39, 0.29) is 11.7 Å². The molecule has 4 nitrogen and oxygen atoms in total. The number of aromatic hydroxyl groups is 1. The molecule has 0 aliphatic carbocycles.